The first-order valence-electron chi connectivity index (χ1n) is 7.35. The van der Waals surface area contributed by atoms with E-state index in [1.54, 1.807) is 12.1 Å². The van der Waals surface area contributed by atoms with Crippen LogP contribution in [-0.4, -0.2) is 36.5 Å². The van der Waals surface area contributed by atoms with Crippen LogP contribution < -0.4 is 14.8 Å². The van der Waals surface area contributed by atoms with Gasteiger partial charge in [-0.05, 0) is 42.5 Å². The van der Waals surface area contributed by atoms with Crippen LogP contribution in [0.5, 0.6) is 11.5 Å². The molecule has 2 aromatic rings. The number of benzene rings is 2. The van der Waals surface area contributed by atoms with Gasteiger partial charge in [0, 0.05) is 5.56 Å². The van der Waals surface area contributed by atoms with Gasteiger partial charge in [-0.3, -0.25) is 10.2 Å². The zero-order valence-corrected chi connectivity index (χ0v) is 13.8. The smallest absolute Gasteiger partial charge is 0.335 e. The van der Waals surface area contributed by atoms with Crippen molar-refractivity contribution < 1.29 is 24.2 Å². The molecule has 1 amide bonds. The molecule has 0 saturated carbocycles. The van der Waals surface area contributed by atoms with Crippen LogP contribution in [-0.2, 0) is 0 Å². The van der Waals surface area contributed by atoms with Gasteiger partial charge in [-0.15, -0.1) is 5.11 Å². The Bertz CT molecular complexity index is 849. The molecule has 0 aromatic heterocycles. The first-order chi connectivity index (χ1) is 12.4. The number of hydrogen-bond donors (Lipinski definition) is 4. The van der Waals surface area contributed by atoms with Crippen LogP contribution in [0.4, 0.5) is 5.69 Å². The largest absolute Gasteiger partial charge is 0.495 e. The van der Waals surface area contributed by atoms with Crippen molar-refractivity contribution in [2.45, 2.75) is 0 Å². The second kappa shape index (κ2) is 8.38. The molecule has 2 rings (SSSR count). The van der Waals surface area contributed by atoms with E-state index in [1.165, 1.54) is 37.4 Å². The lowest BCUT2D eigenvalue weighted by atomic mass is 10.1. The highest BCUT2D eigenvalue weighted by molar-refractivity contribution is 6.05. The van der Waals surface area contributed by atoms with E-state index in [9.17, 15) is 9.59 Å². The summed E-state index contributed by atoms with van der Waals surface area (Å²) in [6, 6.07) is 10.3. The van der Waals surface area contributed by atoms with E-state index in [0.717, 1.165) is 0 Å². The fourth-order valence-electron chi connectivity index (χ4n) is 2.01. The molecule has 2 aromatic carbocycles. The maximum atomic E-state index is 12.3. The summed E-state index contributed by atoms with van der Waals surface area (Å²) in [4.78, 5) is 23.3. The molecule has 0 unspecified atom stereocenters. The van der Waals surface area contributed by atoms with Crippen molar-refractivity contribution in [2.24, 2.45) is 5.11 Å². The van der Waals surface area contributed by atoms with Gasteiger partial charge >= 0.3 is 5.97 Å². The van der Waals surface area contributed by atoms with Crippen LogP contribution in [0.3, 0.4) is 0 Å². The molecule has 9 heteroatoms. The monoisotopic (exact) mass is 356 g/mol. The van der Waals surface area contributed by atoms with Crippen molar-refractivity contribution in [3.05, 3.63) is 53.6 Å². The summed E-state index contributed by atoms with van der Waals surface area (Å²) in [7, 11) is 1.38. The quantitative estimate of drug-likeness (QED) is 0.342. The molecule has 26 heavy (non-hydrogen) atoms. The number of nitrogens with zero attached hydrogens (tertiary/aromatic N) is 1. The molecule has 0 atom stereocenters. The Labute approximate surface area is 148 Å². The van der Waals surface area contributed by atoms with Crippen LogP contribution in [0.15, 0.2) is 47.6 Å². The van der Waals surface area contributed by atoms with Crippen molar-refractivity contribution in [3.63, 3.8) is 0 Å². The van der Waals surface area contributed by atoms with Crippen LogP contribution in [0.2, 0.25) is 0 Å². The van der Waals surface area contributed by atoms with E-state index in [0.29, 0.717) is 17.0 Å². The molecule has 0 radical (unpaired) electrons. The summed E-state index contributed by atoms with van der Waals surface area (Å²) in [5.74, 6) is -1.06. The Morgan fingerprint density at radius 2 is 1.81 bits per heavy atom. The topological polar surface area (TPSA) is 145 Å². The van der Waals surface area contributed by atoms with E-state index < -0.39 is 11.9 Å². The van der Waals surface area contributed by atoms with Crippen molar-refractivity contribution in [2.75, 3.05) is 19.0 Å². The van der Waals surface area contributed by atoms with Gasteiger partial charge in [-0.25, -0.2) is 10.3 Å². The van der Waals surface area contributed by atoms with Crippen molar-refractivity contribution >= 4 is 23.4 Å². The highest BCUT2D eigenvalue weighted by Crippen LogP contribution is 2.26. The molecule has 0 aliphatic heterocycles. The second-order valence-corrected chi connectivity index (χ2v) is 5.05. The van der Waals surface area contributed by atoms with Gasteiger partial charge in [0.15, 0.2) is 5.84 Å². The van der Waals surface area contributed by atoms with Crippen LogP contribution >= 0.6 is 0 Å². The lowest BCUT2D eigenvalue weighted by Gasteiger charge is -2.11. The standard InChI is InChI=1S/C17H16N4O5/c1-25-14-8-11(17(23)24)4-7-13(14)20-16(22)10-2-5-12(6-3-10)26-9-15(18)21-19/h2-8,18-19H,9H2,1H3,(H,20,22)(H,23,24). The second-order valence-electron chi connectivity index (χ2n) is 5.05. The summed E-state index contributed by atoms with van der Waals surface area (Å²) in [5.41, 5.74) is 7.40. The Hall–Kier alpha value is -3.75. The highest BCUT2D eigenvalue weighted by Gasteiger charge is 2.13. The SMILES string of the molecule is COc1cc(C(=O)O)ccc1NC(=O)c1ccc(OCC(=N)N=N)cc1. The predicted molar refractivity (Wildman–Crippen MR) is 92.7 cm³/mol. The van der Waals surface area contributed by atoms with Gasteiger partial charge in [0.1, 0.15) is 18.1 Å². The molecular formula is C17H16N4O5. The van der Waals surface area contributed by atoms with Gasteiger partial charge in [0.25, 0.3) is 5.91 Å². The third kappa shape index (κ3) is 4.63. The number of carboxylic acid groups (broad SMARTS) is 1. The number of amidine groups is 1. The number of aromatic carboxylic acids is 1. The number of carbonyl (C=O) groups is 2. The number of nitrogens with one attached hydrogen (secondary N) is 3. The van der Waals surface area contributed by atoms with E-state index >= 15 is 0 Å². The molecule has 0 bridgehead atoms. The maximum absolute atomic E-state index is 12.3. The van der Waals surface area contributed by atoms with E-state index in [4.69, 9.17) is 25.5 Å². The number of carbonyl (C=O) groups excluding carboxylic acids is 1. The number of carboxylic acids is 1. The number of rotatable bonds is 7. The summed E-state index contributed by atoms with van der Waals surface area (Å²) in [6.45, 7) is -0.137. The van der Waals surface area contributed by atoms with E-state index in [2.05, 4.69) is 10.4 Å². The molecule has 0 heterocycles. The zero-order chi connectivity index (χ0) is 19.1. The van der Waals surface area contributed by atoms with Gasteiger partial charge in [0.2, 0.25) is 0 Å². The molecular weight excluding hydrogens is 340 g/mol. The van der Waals surface area contributed by atoms with Crippen LogP contribution in [0.25, 0.3) is 0 Å². The van der Waals surface area contributed by atoms with Gasteiger partial charge in [-0.1, -0.05) is 0 Å². The summed E-state index contributed by atoms with van der Waals surface area (Å²) in [5, 5.41) is 21.8. The first kappa shape index (κ1) is 18.6. The third-order valence-corrected chi connectivity index (χ3v) is 3.32. The van der Waals surface area contributed by atoms with Gasteiger partial charge < -0.3 is 19.9 Å². The summed E-state index contributed by atoms with van der Waals surface area (Å²) >= 11 is 0. The molecule has 0 aliphatic rings. The van der Waals surface area contributed by atoms with Crippen molar-refractivity contribution in [1.82, 2.24) is 0 Å². The lowest BCUT2D eigenvalue weighted by molar-refractivity contribution is 0.0696. The Balaban J connectivity index is 2.09. The average Bonchev–Trinajstić information content (AvgIpc) is 2.66. The van der Waals surface area contributed by atoms with Crippen LogP contribution in [0.1, 0.15) is 20.7 Å². The molecule has 134 valence electrons. The predicted octanol–water partition coefficient (Wildman–Crippen LogP) is 3.03. The molecule has 0 saturated heterocycles. The fourth-order valence-corrected chi connectivity index (χ4v) is 2.01. The zero-order valence-electron chi connectivity index (χ0n) is 13.8. The molecule has 9 nitrogen and oxygen atoms in total. The van der Waals surface area contributed by atoms with E-state index in [1.807, 2.05) is 0 Å². The number of amides is 1. The maximum Gasteiger partial charge on any atom is 0.335 e. The minimum absolute atomic E-state index is 0.0475. The minimum Gasteiger partial charge on any atom is -0.495 e. The van der Waals surface area contributed by atoms with Crippen LogP contribution in [0, 0.1) is 10.9 Å². The molecule has 0 fully saturated rings. The Kier molecular flexibility index (Phi) is 5.99. The minimum atomic E-state index is -1.09. The number of hydrogen-bond acceptors (Lipinski definition) is 6. The highest BCUT2D eigenvalue weighted by atomic mass is 16.5. The van der Waals surface area contributed by atoms with Gasteiger partial charge in [0.05, 0.1) is 18.4 Å². The number of methoxy groups -OCH3 is 1. The van der Waals surface area contributed by atoms with Crippen molar-refractivity contribution in [1.29, 1.82) is 10.9 Å². The molecule has 0 aliphatic carbocycles. The normalized spacial score (nSPS) is 9.88. The van der Waals surface area contributed by atoms with Crippen molar-refractivity contribution in [3.8, 4) is 11.5 Å². The number of anilines is 1. The fraction of sp³-hybridized carbons (Fsp3) is 0.118. The average molecular weight is 356 g/mol. The van der Waals surface area contributed by atoms with Gasteiger partial charge in [-0.2, -0.15) is 0 Å². The summed E-state index contributed by atoms with van der Waals surface area (Å²) < 4.78 is 10.4. The molecule has 0 spiro atoms. The van der Waals surface area contributed by atoms with E-state index in [-0.39, 0.29) is 23.8 Å². The molecule has 4 N–H and O–H groups in total. The Morgan fingerprint density at radius 1 is 1.15 bits per heavy atom. The third-order valence-electron chi connectivity index (χ3n) is 3.32. The number of ether oxygens (including phenoxy) is 2. The lowest BCUT2D eigenvalue weighted by Crippen LogP contribution is -2.13. The summed E-state index contributed by atoms with van der Waals surface area (Å²) in [6.07, 6.45) is 0. The Morgan fingerprint density at radius 3 is 2.38 bits per heavy atom. The first-order valence-corrected chi connectivity index (χ1v) is 7.35.